The Labute approximate surface area is 137 Å². The summed E-state index contributed by atoms with van der Waals surface area (Å²) in [4.78, 5) is 4.72. The van der Waals surface area contributed by atoms with Crippen molar-refractivity contribution in [3.05, 3.63) is 78.6 Å². The lowest BCUT2D eigenvalue weighted by Gasteiger charge is -2.01. The number of para-hydroxylation sites is 2. The molecule has 0 saturated carbocycles. The molecular formula is C19H13N3S. The van der Waals surface area contributed by atoms with E-state index in [9.17, 15) is 0 Å². The van der Waals surface area contributed by atoms with Gasteiger partial charge < -0.3 is 4.57 Å². The average Bonchev–Trinajstić information content (AvgIpc) is 3.32. The van der Waals surface area contributed by atoms with Gasteiger partial charge in [-0.1, -0.05) is 12.1 Å². The second-order valence-corrected chi connectivity index (χ2v) is 6.43. The van der Waals surface area contributed by atoms with Crippen LogP contribution in [0.25, 0.3) is 32.8 Å². The van der Waals surface area contributed by atoms with Crippen molar-refractivity contribution in [2.45, 2.75) is 0 Å². The SMILES string of the molecule is c1csc(-n2ccc(-c3ccn4c(c3)nc3ccccc34)c2)c1. The second-order valence-electron chi connectivity index (χ2n) is 5.50. The number of imidazole rings is 1. The van der Waals surface area contributed by atoms with Crippen molar-refractivity contribution < 1.29 is 0 Å². The summed E-state index contributed by atoms with van der Waals surface area (Å²) in [5.41, 5.74) is 5.54. The summed E-state index contributed by atoms with van der Waals surface area (Å²) < 4.78 is 4.29. The molecule has 4 heteroatoms. The molecule has 23 heavy (non-hydrogen) atoms. The highest BCUT2D eigenvalue weighted by molar-refractivity contribution is 7.12. The van der Waals surface area contributed by atoms with Crippen LogP contribution in [0, 0.1) is 0 Å². The molecule has 0 N–H and O–H groups in total. The van der Waals surface area contributed by atoms with Crippen LogP contribution in [0.4, 0.5) is 0 Å². The maximum Gasteiger partial charge on any atom is 0.138 e. The zero-order chi connectivity index (χ0) is 15.2. The van der Waals surface area contributed by atoms with Crippen molar-refractivity contribution in [1.82, 2.24) is 14.0 Å². The predicted octanol–water partition coefficient (Wildman–Crippen LogP) is 5.01. The fourth-order valence-electron chi connectivity index (χ4n) is 2.96. The van der Waals surface area contributed by atoms with E-state index in [0.29, 0.717) is 0 Å². The van der Waals surface area contributed by atoms with E-state index in [0.717, 1.165) is 16.7 Å². The third-order valence-electron chi connectivity index (χ3n) is 4.10. The predicted molar refractivity (Wildman–Crippen MR) is 95.3 cm³/mol. The number of hydrogen-bond acceptors (Lipinski definition) is 2. The lowest BCUT2D eigenvalue weighted by atomic mass is 10.1. The Hall–Kier alpha value is -2.85. The summed E-state index contributed by atoms with van der Waals surface area (Å²) in [5, 5.41) is 3.32. The van der Waals surface area contributed by atoms with Crippen LogP contribution >= 0.6 is 11.3 Å². The lowest BCUT2D eigenvalue weighted by Crippen LogP contribution is -1.86. The van der Waals surface area contributed by atoms with E-state index in [1.807, 2.05) is 12.1 Å². The molecule has 0 saturated heterocycles. The maximum atomic E-state index is 4.72. The van der Waals surface area contributed by atoms with E-state index in [4.69, 9.17) is 4.98 Å². The van der Waals surface area contributed by atoms with Gasteiger partial charge in [0.25, 0.3) is 0 Å². The van der Waals surface area contributed by atoms with Crippen LogP contribution in [-0.2, 0) is 0 Å². The van der Waals surface area contributed by atoms with Gasteiger partial charge >= 0.3 is 0 Å². The molecule has 0 radical (unpaired) electrons. The van der Waals surface area contributed by atoms with Crippen LogP contribution in [0.2, 0.25) is 0 Å². The largest absolute Gasteiger partial charge is 0.315 e. The minimum atomic E-state index is 0.979. The molecule has 1 aromatic carbocycles. The van der Waals surface area contributed by atoms with E-state index in [-0.39, 0.29) is 0 Å². The second kappa shape index (κ2) is 4.83. The summed E-state index contributed by atoms with van der Waals surface area (Å²) in [6, 6.07) is 18.9. The molecule has 0 bridgehead atoms. The third kappa shape index (κ3) is 1.99. The van der Waals surface area contributed by atoms with Crippen LogP contribution in [0.3, 0.4) is 0 Å². The first kappa shape index (κ1) is 12.7. The molecule has 0 amide bonds. The number of rotatable bonds is 2. The zero-order valence-electron chi connectivity index (χ0n) is 12.3. The van der Waals surface area contributed by atoms with Crippen LogP contribution < -0.4 is 0 Å². The number of fused-ring (bicyclic) bond motifs is 3. The van der Waals surface area contributed by atoms with Gasteiger partial charge in [-0.25, -0.2) is 4.98 Å². The quantitative estimate of drug-likeness (QED) is 0.449. The molecule has 0 aliphatic heterocycles. The molecule has 0 aliphatic carbocycles. The highest BCUT2D eigenvalue weighted by Gasteiger charge is 2.07. The number of thiophene rings is 1. The van der Waals surface area contributed by atoms with Crippen molar-refractivity contribution >= 4 is 28.0 Å². The average molecular weight is 315 g/mol. The van der Waals surface area contributed by atoms with Gasteiger partial charge in [0.1, 0.15) is 5.65 Å². The Morgan fingerprint density at radius 1 is 0.870 bits per heavy atom. The molecule has 5 rings (SSSR count). The fraction of sp³-hybridized carbons (Fsp3) is 0. The Balaban J connectivity index is 1.64. The monoisotopic (exact) mass is 315 g/mol. The molecule has 0 aliphatic rings. The molecular weight excluding hydrogens is 302 g/mol. The van der Waals surface area contributed by atoms with Crippen LogP contribution in [-0.4, -0.2) is 14.0 Å². The van der Waals surface area contributed by atoms with Gasteiger partial charge in [0, 0.05) is 18.6 Å². The summed E-state index contributed by atoms with van der Waals surface area (Å²) in [6.07, 6.45) is 6.37. The smallest absolute Gasteiger partial charge is 0.138 e. The highest BCUT2D eigenvalue weighted by atomic mass is 32.1. The number of hydrogen-bond donors (Lipinski definition) is 0. The minimum Gasteiger partial charge on any atom is -0.315 e. The van der Waals surface area contributed by atoms with Gasteiger partial charge in [-0.15, -0.1) is 11.3 Å². The van der Waals surface area contributed by atoms with E-state index < -0.39 is 0 Å². The highest BCUT2D eigenvalue weighted by Crippen LogP contribution is 2.26. The molecule has 3 nitrogen and oxygen atoms in total. The molecule has 0 unspecified atom stereocenters. The minimum absolute atomic E-state index is 0.979. The topological polar surface area (TPSA) is 22.2 Å². The van der Waals surface area contributed by atoms with Crippen molar-refractivity contribution in [2.24, 2.45) is 0 Å². The third-order valence-corrected chi connectivity index (χ3v) is 4.98. The van der Waals surface area contributed by atoms with Gasteiger partial charge in [0.05, 0.1) is 16.0 Å². The Kier molecular flexibility index (Phi) is 2.66. The van der Waals surface area contributed by atoms with E-state index in [1.165, 1.54) is 16.1 Å². The van der Waals surface area contributed by atoms with Crippen molar-refractivity contribution in [3.8, 4) is 16.1 Å². The van der Waals surface area contributed by atoms with Crippen molar-refractivity contribution in [1.29, 1.82) is 0 Å². The summed E-state index contributed by atoms with van der Waals surface area (Å²) in [7, 11) is 0. The summed E-state index contributed by atoms with van der Waals surface area (Å²) >= 11 is 1.74. The molecule has 4 aromatic heterocycles. The molecule has 0 spiro atoms. The van der Waals surface area contributed by atoms with E-state index in [2.05, 4.69) is 75.4 Å². The first-order valence-electron chi connectivity index (χ1n) is 7.48. The summed E-state index contributed by atoms with van der Waals surface area (Å²) in [6.45, 7) is 0. The summed E-state index contributed by atoms with van der Waals surface area (Å²) in [5.74, 6) is 0. The lowest BCUT2D eigenvalue weighted by molar-refractivity contribution is 1.11. The first-order chi connectivity index (χ1) is 11.4. The molecule has 110 valence electrons. The maximum absolute atomic E-state index is 4.72. The van der Waals surface area contributed by atoms with Crippen LogP contribution in [0.1, 0.15) is 0 Å². The number of nitrogens with zero attached hydrogens (tertiary/aromatic N) is 3. The van der Waals surface area contributed by atoms with Crippen LogP contribution in [0.5, 0.6) is 0 Å². The van der Waals surface area contributed by atoms with Gasteiger partial charge in [-0.05, 0) is 59.0 Å². The Morgan fingerprint density at radius 2 is 1.78 bits per heavy atom. The number of aromatic nitrogens is 3. The first-order valence-corrected chi connectivity index (χ1v) is 8.35. The van der Waals surface area contributed by atoms with Gasteiger partial charge in [0.2, 0.25) is 0 Å². The van der Waals surface area contributed by atoms with E-state index >= 15 is 0 Å². The van der Waals surface area contributed by atoms with Gasteiger partial charge in [-0.3, -0.25) is 4.40 Å². The van der Waals surface area contributed by atoms with Gasteiger partial charge in [0.15, 0.2) is 0 Å². The van der Waals surface area contributed by atoms with Crippen molar-refractivity contribution in [3.63, 3.8) is 0 Å². The fourth-order valence-corrected chi connectivity index (χ4v) is 3.65. The van der Waals surface area contributed by atoms with Crippen molar-refractivity contribution in [2.75, 3.05) is 0 Å². The zero-order valence-corrected chi connectivity index (χ0v) is 13.1. The normalized spacial score (nSPS) is 11.5. The van der Waals surface area contributed by atoms with Gasteiger partial charge in [-0.2, -0.15) is 0 Å². The van der Waals surface area contributed by atoms with Crippen LogP contribution in [0.15, 0.2) is 78.6 Å². The number of benzene rings is 1. The molecule has 0 fully saturated rings. The number of pyridine rings is 1. The Morgan fingerprint density at radius 3 is 2.70 bits per heavy atom. The Bertz CT molecular complexity index is 1120. The molecule has 5 aromatic rings. The molecule has 0 atom stereocenters. The standard InChI is InChI=1S/C19H13N3S/c1-2-5-17-16(4-1)20-18-12-14(8-10-22(17)18)15-7-9-21(13-15)19-6-3-11-23-19/h1-13H. The molecule has 4 heterocycles. The van der Waals surface area contributed by atoms with E-state index in [1.54, 1.807) is 11.3 Å².